The van der Waals surface area contributed by atoms with Crippen molar-refractivity contribution >= 4 is 5.91 Å². The van der Waals surface area contributed by atoms with E-state index in [1.165, 1.54) is 6.42 Å². The molecule has 4 heteroatoms. The van der Waals surface area contributed by atoms with E-state index >= 15 is 0 Å². The molecule has 4 nitrogen and oxygen atoms in total. The van der Waals surface area contributed by atoms with Crippen LogP contribution in [0.3, 0.4) is 0 Å². The van der Waals surface area contributed by atoms with E-state index in [9.17, 15) is 4.79 Å². The van der Waals surface area contributed by atoms with Crippen molar-refractivity contribution in [3.8, 4) is 0 Å². The lowest BCUT2D eigenvalue weighted by Crippen LogP contribution is -2.50. The Kier molecular flexibility index (Phi) is 7.14. The van der Waals surface area contributed by atoms with Crippen LogP contribution in [0.5, 0.6) is 0 Å². The normalized spacial score (nSPS) is 21.6. The molecule has 2 unspecified atom stereocenters. The molecule has 1 amide bonds. The van der Waals surface area contributed by atoms with E-state index in [4.69, 9.17) is 0 Å². The molecule has 0 radical (unpaired) electrons. The van der Waals surface area contributed by atoms with Crippen molar-refractivity contribution in [2.24, 2.45) is 17.3 Å². The van der Waals surface area contributed by atoms with Crippen molar-refractivity contribution in [3.63, 3.8) is 0 Å². The fourth-order valence-electron chi connectivity index (χ4n) is 3.11. The third-order valence-corrected chi connectivity index (χ3v) is 4.87. The van der Waals surface area contributed by atoms with E-state index in [-0.39, 0.29) is 11.3 Å². The maximum Gasteiger partial charge on any atom is 0.226 e. The van der Waals surface area contributed by atoms with Gasteiger partial charge in [-0.05, 0) is 58.3 Å². The molecule has 0 aromatic heterocycles. The summed E-state index contributed by atoms with van der Waals surface area (Å²) in [5, 5.41) is 6.62. The van der Waals surface area contributed by atoms with E-state index in [0.717, 1.165) is 32.5 Å². The highest BCUT2D eigenvalue weighted by Gasteiger charge is 2.37. The van der Waals surface area contributed by atoms with Gasteiger partial charge in [0.2, 0.25) is 5.91 Å². The second-order valence-electron chi connectivity index (χ2n) is 7.72. The van der Waals surface area contributed by atoms with Crippen molar-refractivity contribution in [2.45, 2.75) is 53.0 Å². The highest BCUT2D eigenvalue weighted by Crippen LogP contribution is 2.31. The number of carbonyl (C=O) groups excluding carboxylic acids is 1. The molecule has 1 rings (SSSR count). The first kappa shape index (κ1) is 18.4. The molecule has 1 aliphatic rings. The first-order valence-electron chi connectivity index (χ1n) is 8.40. The number of hydrogen-bond donors (Lipinski definition) is 2. The van der Waals surface area contributed by atoms with Crippen LogP contribution in [0.25, 0.3) is 0 Å². The lowest BCUT2D eigenvalue weighted by Gasteiger charge is -2.37. The standard InChI is InChI=1S/C17H35N3O/c1-13(2)10-15(20(5)6)12-19-16(21)17(3,4)14-8-7-9-18-11-14/h13-15,18H,7-12H2,1-6H3,(H,19,21). The van der Waals surface area contributed by atoms with Gasteiger partial charge in [0, 0.05) is 18.0 Å². The number of amides is 1. The van der Waals surface area contributed by atoms with Gasteiger partial charge in [-0.3, -0.25) is 4.79 Å². The molecule has 0 aliphatic carbocycles. The zero-order valence-corrected chi connectivity index (χ0v) is 14.8. The van der Waals surface area contributed by atoms with Crippen LogP contribution in [0.4, 0.5) is 0 Å². The summed E-state index contributed by atoms with van der Waals surface area (Å²) >= 11 is 0. The van der Waals surface area contributed by atoms with Gasteiger partial charge in [-0.2, -0.15) is 0 Å². The monoisotopic (exact) mass is 297 g/mol. The van der Waals surface area contributed by atoms with Gasteiger partial charge in [-0.1, -0.05) is 27.7 Å². The number of piperidine rings is 1. The van der Waals surface area contributed by atoms with Crippen molar-refractivity contribution < 1.29 is 4.79 Å². The average molecular weight is 297 g/mol. The minimum Gasteiger partial charge on any atom is -0.354 e. The lowest BCUT2D eigenvalue weighted by molar-refractivity contribution is -0.132. The lowest BCUT2D eigenvalue weighted by atomic mass is 9.74. The number of likely N-dealkylation sites (N-methyl/N-ethyl adjacent to an activating group) is 1. The summed E-state index contributed by atoms with van der Waals surface area (Å²) in [5.41, 5.74) is -0.290. The second-order valence-corrected chi connectivity index (χ2v) is 7.72. The number of carbonyl (C=O) groups is 1. The molecule has 1 aliphatic heterocycles. The topological polar surface area (TPSA) is 44.4 Å². The summed E-state index contributed by atoms with van der Waals surface area (Å²) in [6, 6.07) is 0.411. The molecule has 2 N–H and O–H groups in total. The minimum absolute atomic E-state index is 0.201. The Hall–Kier alpha value is -0.610. The summed E-state index contributed by atoms with van der Waals surface area (Å²) in [5.74, 6) is 1.28. The zero-order valence-electron chi connectivity index (χ0n) is 14.8. The Morgan fingerprint density at radius 2 is 2.05 bits per heavy atom. The zero-order chi connectivity index (χ0) is 16.0. The maximum atomic E-state index is 12.6. The molecule has 21 heavy (non-hydrogen) atoms. The van der Waals surface area contributed by atoms with E-state index in [0.29, 0.717) is 17.9 Å². The first-order valence-corrected chi connectivity index (χ1v) is 8.40. The SMILES string of the molecule is CC(C)CC(CNC(=O)C(C)(C)C1CCCNC1)N(C)C. The van der Waals surface area contributed by atoms with Crippen LogP contribution in [0.1, 0.15) is 47.0 Å². The molecule has 0 aromatic rings. The van der Waals surface area contributed by atoms with Crippen LogP contribution < -0.4 is 10.6 Å². The number of nitrogens with zero attached hydrogens (tertiary/aromatic N) is 1. The Bertz CT molecular complexity index is 320. The smallest absolute Gasteiger partial charge is 0.226 e. The van der Waals surface area contributed by atoms with E-state index in [1.807, 2.05) is 0 Å². The summed E-state index contributed by atoms with van der Waals surface area (Å²) in [6.45, 7) is 11.4. The number of hydrogen-bond acceptors (Lipinski definition) is 3. The summed E-state index contributed by atoms with van der Waals surface area (Å²) < 4.78 is 0. The predicted octanol–water partition coefficient (Wildman–Crippen LogP) is 2.10. The number of rotatable bonds is 7. The Labute approximate surface area is 131 Å². The second kappa shape index (κ2) is 8.14. The summed E-state index contributed by atoms with van der Waals surface area (Å²) in [6.07, 6.45) is 3.43. The molecule has 0 bridgehead atoms. The van der Waals surface area contributed by atoms with Gasteiger partial charge >= 0.3 is 0 Å². The van der Waals surface area contributed by atoms with Crippen molar-refractivity contribution in [2.75, 3.05) is 33.7 Å². The quantitative estimate of drug-likeness (QED) is 0.756. The van der Waals surface area contributed by atoms with Crippen molar-refractivity contribution in [3.05, 3.63) is 0 Å². The molecular weight excluding hydrogens is 262 g/mol. The van der Waals surface area contributed by atoms with Gasteiger partial charge in [0.1, 0.15) is 0 Å². The Balaban J connectivity index is 2.53. The molecule has 1 saturated heterocycles. The van der Waals surface area contributed by atoms with Gasteiger partial charge in [-0.15, -0.1) is 0 Å². The fraction of sp³-hybridized carbons (Fsp3) is 0.941. The average Bonchev–Trinajstić information content (AvgIpc) is 2.43. The molecule has 1 fully saturated rings. The molecule has 0 spiro atoms. The summed E-state index contributed by atoms with van der Waals surface area (Å²) in [4.78, 5) is 14.8. The summed E-state index contributed by atoms with van der Waals surface area (Å²) in [7, 11) is 4.19. The van der Waals surface area contributed by atoms with Crippen LogP contribution in [0.15, 0.2) is 0 Å². The van der Waals surface area contributed by atoms with Crippen LogP contribution in [-0.2, 0) is 4.79 Å². The first-order chi connectivity index (χ1) is 9.75. The van der Waals surface area contributed by atoms with Gasteiger partial charge in [-0.25, -0.2) is 0 Å². The van der Waals surface area contributed by atoms with E-state index < -0.39 is 0 Å². The van der Waals surface area contributed by atoms with Crippen molar-refractivity contribution in [1.82, 2.24) is 15.5 Å². The third-order valence-electron chi connectivity index (χ3n) is 4.87. The van der Waals surface area contributed by atoms with Crippen LogP contribution in [0, 0.1) is 17.3 Å². The van der Waals surface area contributed by atoms with Gasteiger partial charge in [0.15, 0.2) is 0 Å². The number of nitrogens with one attached hydrogen (secondary N) is 2. The van der Waals surface area contributed by atoms with Crippen LogP contribution in [-0.4, -0.2) is 50.6 Å². The largest absolute Gasteiger partial charge is 0.354 e. The molecule has 2 atom stereocenters. The Morgan fingerprint density at radius 1 is 1.38 bits per heavy atom. The maximum absolute atomic E-state index is 12.6. The Morgan fingerprint density at radius 3 is 2.52 bits per heavy atom. The van der Waals surface area contributed by atoms with E-state index in [1.54, 1.807) is 0 Å². The highest BCUT2D eigenvalue weighted by atomic mass is 16.2. The van der Waals surface area contributed by atoms with Crippen LogP contribution >= 0.6 is 0 Å². The molecular formula is C17H35N3O. The third kappa shape index (κ3) is 5.59. The van der Waals surface area contributed by atoms with Gasteiger partial charge in [0.25, 0.3) is 0 Å². The molecule has 1 heterocycles. The molecule has 124 valence electrons. The van der Waals surface area contributed by atoms with Crippen molar-refractivity contribution in [1.29, 1.82) is 0 Å². The minimum atomic E-state index is -0.290. The fourth-order valence-corrected chi connectivity index (χ4v) is 3.11. The van der Waals surface area contributed by atoms with E-state index in [2.05, 4.69) is 57.3 Å². The molecule has 0 saturated carbocycles. The van der Waals surface area contributed by atoms with Crippen LogP contribution in [0.2, 0.25) is 0 Å². The van der Waals surface area contributed by atoms with Gasteiger partial charge < -0.3 is 15.5 Å². The highest BCUT2D eigenvalue weighted by molar-refractivity contribution is 5.82. The molecule has 0 aromatic carbocycles. The van der Waals surface area contributed by atoms with Gasteiger partial charge in [0.05, 0.1) is 0 Å². The predicted molar refractivity (Wildman–Crippen MR) is 89.3 cm³/mol.